The van der Waals surface area contributed by atoms with Crippen molar-refractivity contribution >= 4 is 17.8 Å². The number of hydrogen-bond acceptors (Lipinski definition) is 8. The Hall–Kier alpha value is 0.290. The summed E-state index contributed by atoms with van der Waals surface area (Å²) in [6.07, 6.45) is -1.76. The Balaban J connectivity index is -0.00000112. The van der Waals surface area contributed by atoms with E-state index in [9.17, 15) is 24.6 Å². The molecule has 0 rings (SSSR count). The average Bonchev–Trinajstić information content (AvgIpc) is 2.14. The Kier molecular flexibility index (Phi) is 16.0. The number of carbonyl (C=O) groups is 3. The Morgan fingerprint density at radius 3 is 2.06 bits per heavy atom. The van der Waals surface area contributed by atoms with Crippen molar-refractivity contribution in [3.63, 3.8) is 0 Å². The van der Waals surface area contributed by atoms with Crippen molar-refractivity contribution in [1.82, 2.24) is 10.4 Å². The molecule has 11 heteroatoms. The second kappa shape index (κ2) is 12.3. The second-order valence-electron chi connectivity index (χ2n) is 2.79. The van der Waals surface area contributed by atoms with Gasteiger partial charge in [-0.05, 0) is 0 Å². The molecule has 0 aromatic rings. The van der Waals surface area contributed by atoms with E-state index in [1.165, 1.54) is 0 Å². The van der Waals surface area contributed by atoms with E-state index >= 15 is 0 Å². The fraction of sp³-hybridized carbons (Fsp3) is 0.571. The van der Waals surface area contributed by atoms with Gasteiger partial charge in [0.1, 0.15) is 6.10 Å². The van der Waals surface area contributed by atoms with Crippen LogP contribution in [0.3, 0.4) is 0 Å². The number of hydroxylamine groups is 2. The maximum absolute atomic E-state index is 11.0. The first-order valence-corrected chi connectivity index (χ1v) is 4.13. The topological polar surface area (TPSA) is 153 Å². The summed E-state index contributed by atoms with van der Waals surface area (Å²) in [5.41, 5.74) is 0. The van der Waals surface area contributed by atoms with Crippen LogP contribution in [0.2, 0.25) is 0 Å². The predicted molar refractivity (Wildman–Crippen MR) is 42.4 cm³/mol. The smallest absolute Gasteiger partial charge is 0.549 e. The molecule has 3 N–H and O–H groups in total. The van der Waals surface area contributed by atoms with Crippen molar-refractivity contribution in [3.05, 3.63) is 0 Å². The summed E-state index contributed by atoms with van der Waals surface area (Å²) in [4.78, 5) is 30.9. The molecule has 0 aromatic carbocycles. The number of nitrogens with zero attached hydrogens (tertiary/aromatic N) is 1. The van der Waals surface area contributed by atoms with Gasteiger partial charge in [-0.25, -0.2) is 5.06 Å². The van der Waals surface area contributed by atoms with Crippen LogP contribution >= 0.6 is 0 Å². The van der Waals surface area contributed by atoms with Gasteiger partial charge in [-0.15, -0.1) is 0 Å². The van der Waals surface area contributed by atoms with Crippen molar-refractivity contribution in [2.45, 2.75) is 6.10 Å². The first-order valence-electron chi connectivity index (χ1n) is 4.13. The van der Waals surface area contributed by atoms with Crippen LogP contribution in [0.4, 0.5) is 0 Å². The van der Waals surface area contributed by atoms with Gasteiger partial charge in [0.15, 0.2) is 0 Å². The average molecular weight is 280 g/mol. The molecule has 1 amide bonds. The van der Waals surface area contributed by atoms with Gasteiger partial charge >= 0.3 is 59.1 Å². The van der Waals surface area contributed by atoms with Crippen LogP contribution in [0.15, 0.2) is 0 Å². The molecular formula is C7H10N2Na2O7. The molecule has 0 aliphatic heterocycles. The summed E-state index contributed by atoms with van der Waals surface area (Å²) in [6, 6.07) is 0. The number of carbonyl (C=O) groups excluding carboxylic acids is 3. The standard InChI is InChI=1S/C7H12N2O7.2Na/c10-4(1-8-2-5(11)12)7(15)9(16)3-6(13)14;;/h4,8,10,16H,1-3H2,(H,11,12)(H,13,14);;/q;2*+1/p-2. The van der Waals surface area contributed by atoms with E-state index in [0.29, 0.717) is 0 Å². The van der Waals surface area contributed by atoms with Crippen molar-refractivity contribution in [2.75, 3.05) is 19.6 Å². The number of nitrogens with one attached hydrogen (secondary N) is 1. The third kappa shape index (κ3) is 11.4. The van der Waals surface area contributed by atoms with E-state index in [0.717, 1.165) is 0 Å². The van der Waals surface area contributed by atoms with Gasteiger partial charge in [-0.2, -0.15) is 0 Å². The summed E-state index contributed by atoms with van der Waals surface area (Å²) in [7, 11) is 0. The summed E-state index contributed by atoms with van der Waals surface area (Å²) >= 11 is 0. The van der Waals surface area contributed by atoms with E-state index in [1.807, 2.05) is 0 Å². The van der Waals surface area contributed by atoms with Crippen molar-refractivity contribution in [1.29, 1.82) is 0 Å². The minimum absolute atomic E-state index is 0. The molecular weight excluding hydrogens is 270 g/mol. The second-order valence-corrected chi connectivity index (χ2v) is 2.79. The van der Waals surface area contributed by atoms with Crippen molar-refractivity contribution in [2.24, 2.45) is 0 Å². The minimum Gasteiger partial charge on any atom is -0.549 e. The van der Waals surface area contributed by atoms with Crippen LogP contribution in [0, 0.1) is 0 Å². The maximum atomic E-state index is 11.0. The number of aliphatic hydroxyl groups excluding tert-OH is 1. The first-order chi connectivity index (χ1) is 7.34. The van der Waals surface area contributed by atoms with E-state index in [2.05, 4.69) is 5.32 Å². The molecule has 0 saturated heterocycles. The number of hydrogen-bond donors (Lipinski definition) is 3. The van der Waals surface area contributed by atoms with Gasteiger partial charge in [-0.1, -0.05) is 0 Å². The number of aliphatic hydroxyl groups is 1. The molecule has 0 aliphatic carbocycles. The number of rotatable bonds is 7. The quantitative estimate of drug-likeness (QED) is 0.236. The van der Waals surface area contributed by atoms with Gasteiger partial charge < -0.3 is 30.2 Å². The molecule has 1 unspecified atom stereocenters. The zero-order valence-corrected chi connectivity index (χ0v) is 14.1. The van der Waals surface area contributed by atoms with Crippen LogP contribution in [0.25, 0.3) is 0 Å². The Morgan fingerprint density at radius 2 is 1.67 bits per heavy atom. The summed E-state index contributed by atoms with van der Waals surface area (Å²) in [6.45, 7) is -2.14. The number of carboxylic acid groups (broad SMARTS) is 2. The van der Waals surface area contributed by atoms with E-state index in [4.69, 9.17) is 10.3 Å². The molecule has 0 radical (unpaired) electrons. The van der Waals surface area contributed by atoms with Crippen LogP contribution in [0.5, 0.6) is 0 Å². The zero-order chi connectivity index (χ0) is 12.7. The predicted octanol–water partition coefficient (Wildman–Crippen LogP) is -11.3. The monoisotopic (exact) mass is 280 g/mol. The molecule has 0 aliphatic rings. The zero-order valence-electron chi connectivity index (χ0n) is 10.1. The van der Waals surface area contributed by atoms with Crippen molar-refractivity contribution < 1.29 is 94.0 Å². The largest absolute Gasteiger partial charge is 1.00 e. The molecule has 0 fully saturated rings. The van der Waals surface area contributed by atoms with Gasteiger partial charge in [0.25, 0.3) is 5.91 Å². The maximum Gasteiger partial charge on any atom is 1.00 e. The SMILES string of the molecule is O=C([O-])CNCC(O)C(=O)N(O)CC(=O)[O-].[Na+].[Na+]. The van der Waals surface area contributed by atoms with Gasteiger partial charge in [0.2, 0.25) is 0 Å². The number of amides is 1. The molecule has 0 bridgehead atoms. The molecule has 0 heterocycles. The third-order valence-corrected chi connectivity index (χ3v) is 1.43. The number of aliphatic carboxylic acids is 2. The fourth-order valence-corrected chi connectivity index (χ4v) is 0.770. The summed E-state index contributed by atoms with van der Waals surface area (Å²) in [5.74, 6) is -4.42. The molecule has 0 spiro atoms. The van der Waals surface area contributed by atoms with Gasteiger partial charge in [-0.3, -0.25) is 10.0 Å². The first kappa shape index (κ1) is 23.4. The van der Waals surface area contributed by atoms with Crippen molar-refractivity contribution in [3.8, 4) is 0 Å². The van der Waals surface area contributed by atoms with E-state index in [-0.39, 0.29) is 64.2 Å². The van der Waals surface area contributed by atoms with Crippen LogP contribution in [0.1, 0.15) is 0 Å². The molecule has 92 valence electrons. The number of carboxylic acids is 2. The van der Waals surface area contributed by atoms with E-state index in [1.54, 1.807) is 0 Å². The Morgan fingerprint density at radius 1 is 1.17 bits per heavy atom. The van der Waals surface area contributed by atoms with Gasteiger partial charge in [0.05, 0.1) is 18.5 Å². The summed E-state index contributed by atoms with van der Waals surface area (Å²) < 4.78 is 0. The Bertz CT molecular complexity index is 289. The molecule has 1 atom stereocenters. The third-order valence-electron chi connectivity index (χ3n) is 1.43. The van der Waals surface area contributed by atoms with Crippen LogP contribution < -0.4 is 74.6 Å². The van der Waals surface area contributed by atoms with Crippen LogP contribution in [-0.2, 0) is 14.4 Å². The minimum atomic E-state index is -1.76. The summed E-state index contributed by atoms with van der Waals surface area (Å²) in [5, 5.41) is 39.7. The van der Waals surface area contributed by atoms with Crippen LogP contribution in [-0.4, -0.2) is 59.0 Å². The normalized spacial score (nSPS) is 10.6. The van der Waals surface area contributed by atoms with E-state index < -0.39 is 43.6 Å². The molecule has 0 aromatic heterocycles. The molecule has 9 nitrogen and oxygen atoms in total. The molecule has 0 saturated carbocycles. The Labute approximate surface area is 147 Å². The fourth-order valence-electron chi connectivity index (χ4n) is 0.770. The molecule has 18 heavy (non-hydrogen) atoms. The van der Waals surface area contributed by atoms with Gasteiger partial charge in [0, 0.05) is 13.1 Å².